The number of nitrogens with two attached hydrogens (primary N) is 1. The number of aromatic nitrogens is 4. The lowest BCUT2D eigenvalue weighted by molar-refractivity contribution is -0.134. The number of fused-ring (bicyclic) bond motifs is 1. The molecular formula is C22H37N7O16P4. The van der Waals surface area contributed by atoms with Gasteiger partial charge in [-0.15, -0.1) is 0 Å². The average Bonchev–Trinajstić information content (AvgIpc) is 3.54. The molecule has 1 aliphatic heterocycles. The standard InChI is InChI=1S/C22H37N7O16P4/c1-11(30)6-25-13(31)4-5-24-20(34)17(33)22(2,3)8-46-49(40,41)45-48(38,39)42-7-12-16(44-47(35,36)37)15(32)21(43-12)29-10-28-14-18(23)26-9-27-19(14)29/h9-10,12,15-17,21,32-33,46H,4-8H2,1-3H3,(H,24,34)(H,25,31)(H,38,39)(H,40,41)(H2,23,26,27)(H2,35,36,37)/t12?,15?,16?,17-,21?/m0/s1. The van der Waals surface area contributed by atoms with Crippen molar-refractivity contribution in [2.45, 2.75) is 57.8 Å². The minimum Gasteiger partial charge on any atom is -0.386 e. The molecule has 0 saturated carbocycles. The van der Waals surface area contributed by atoms with Crippen molar-refractivity contribution in [3.63, 3.8) is 0 Å². The number of aliphatic hydroxyl groups excluding tert-OH is 2. The van der Waals surface area contributed by atoms with E-state index in [2.05, 4.69) is 34.4 Å². The van der Waals surface area contributed by atoms with Crippen LogP contribution in [0.1, 0.15) is 33.4 Å². The zero-order chi connectivity index (χ0) is 36.9. The highest BCUT2D eigenvalue weighted by atomic mass is 32.1. The summed E-state index contributed by atoms with van der Waals surface area (Å²) in [5.74, 6) is -1.74. The van der Waals surface area contributed by atoms with Crippen LogP contribution in [0.15, 0.2) is 12.7 Å². The van der Waals surface area contributed by atoms with E-state index in [4.69, 9.17) is 15.0 Å². The molecule has 3 heterocycles. The van der Waals surface area contributed by atoms with Gasteiger partial charge in [0.2, 0.25) is 11.8 Å². The molecule has 0 aromatic carbocycles. The third-order valence-electron chi connectivity index (χ3n) is 6.75. The largest absolute Gasteiger partial charge is 0.479 e. The minimum absolute atomic E-state index is 0.0306. The number of anilines is 1. The molecule has 2 amide bonds. The van der Waals surface area contributed by atoms with Gasteiger partial charge in [0.1, 0.15) is 42.0 Å². The van der Waals surface area contributed by atoms with Gasteiger partial charge in [-0.1, -0.05) is 13.8 Å². The van der Waals surface area contributed by atoms with Crippen LogP contribution in [-0.4, -0.2) is 117 Å². The first-order chi connectivity index (χ1) is 22.5. The Bertz CT molecular complexity index is 1670. The number of carbonyl (C=O) groups excluding carboxylic acids is 3. The van der Waals surface area contributed by atoms with Crippen LogP contribution >= 0.6 is 31.2 Å². The summed E-state index contributed by atoms with van der Waals surface area (Å²) in [6.07, 6.45) is -7.02. The van der Waals surface area contributed by atoms with Crippen molar-refractivity contribution in [1.82, 2.24) is 30.2 Å². The number of aliphatic hydroxyl groups is 2. The van der Waals surface area contributed by atoms with Crippen LogP contribution < -0.4 is 16.4 Å². The Morgan fingerprint density at radius 1 is 1.14 bits per heavy atom. The number of hydrogen-bond acceptors (Lipinski definition) is 16. The Hall–Kier alpha value is -2.32. The Balaban J connectivity index is 1.59. The molecule has 49 heavy (non-hydrogen) atoms. The van der Waals surface area contributed by atoms with E-state index >= 15 is 0 Å². The fraction of sp³-hybridized carbons (Fsp3) is 0.636. The number of nitrogens with one attached hydrogen (secondary N) is 2. The van der Waals surface area contributed by atoms with E-state index in [1.165, 1.54) is 20.8 Å². The summed E-state index contributed by atoms with van der Waals surface area (Å²) >= 11 is 0. The second kappa shape index (κ2) is 16.4. The summed E-state index contributed by atoms with van der Waals surface area (Å²) in [6, 6.07) is 0. The molecule has 1 fully saturated rings. The number of amides is 2. The monoisotopic (exact) mass is 779 g/mol. The van der Waals surface area contributed by atoms with E-state index in [0.29, 0.717) is 0 Å². The number of nitrogens with zero attached hydrogens (tertiary/aromatic N) is 4. The first kappa shape index (κ1) is 41.1. The first-order valence-corrected chi connectivity index (χ1v) is 20.7. The molecule has 1 saturated heterocycles. The van der Waals surface area contributed by atoms with Crippen molar-refractivity contribution in [3.05, 3.63) is 12.7 Å². The lowest BCUT2D eigenvalue weighted by atomic mass is 9.88. The van der Waals surface area contributed by atoms with E-state index in [-0.39, 0.29) is 48.4 Å². The number of imidazole rings is 1. The number of Topliss-reactive ketones (excluding diaryl/α,β-unsaturated/α-hetero) is 1. The van der Waals surface area contributed by atoms with Crippen molar-refractivity contribution in [2.75, 3.05) is 31.6 Å². The van der Waals surface area contributed by atoms with Crippen molar-refractivity contribution in [2.24, 2.45) is 5.41 Å². The Labute approximate surface area is 279 Å². The van der Waals surface area contributed by atoms with Crippen LogP contribution in [0.25, 0.3) is 11.2 Å². The summed E-state index contributed by atoms with van der Waals surface area (Å²) in [6.45, 7) is 2.58. The molecule has 276 valence electrons. The van der Waals surface area contributed by atoms with E-state index in [1.807, 2.05) is 0 Å². The topological polar surface area (TPSA) is 354 Å². The van der Waals surface area contributed by atoms with Crippen LogP contribution in [-0.2, 0) is 46.2 Å². The van der Waals surface area contributed by atoms with E-state index in [0.717, 1.165) is 17.2 Å². The molecule has 2 aromatic rings. The fourth-order valence-corrected chi connectivity index (χ4v) is 10.8. The maximum absolute atomic E-state index is 12.7. The van der Waals surface area contributed by atoms with Gasteiger partial charge in [-0.25, -0.2) is 28.4 Å². The quantitative estimate of drug-likeness (QED) is 0.0790. The molecule has 10 N–H and O–H groups in total. The number of carbonyl (C=O) groups is 3. The van der Waals surface area contributed by atoms with Crippen LogP contribution in [0.5, 0.6) is 0 Å². The SMILES string of the molecule is CC(=O)CNC(=O)CCNC(=O)[C@H](O)C(C)(C)CPP(=O)(O)OP(=O)(O)OCC1OC(n2cnc3c(N)ncnc32)C(O)C1OP(=O)(O)O. The predicted octanol–water partition coefficient (Wildman–Crippen LogP) is -1.34. The van der Waals surface area contributed by atoms with Gasteiger partial charge in [0.05, 0.1) is 19.5 Å². The Morgan fingerprint density at radius 3 is 2.45 bits per heavy atom. The zero-order valence-electron chi connectivity index (χ0n) is 26.1. The van der Waals surface area contributed by atoms with Gasteiger partial charge in [0.15, 0.2) is 17.7 Å². The second-order valence-electron chi connectivity index (χ2n) is 11.3. The molecule has 3 rings (SSSR count). The Morgan fingerprint density at radius 2 is 1.82 bits per heavy atom. The number of phosphoric ester groups is 2. The summed E-state index contributed by atoms with van der Waals surface area (Å²) < 4.78 is 57.7. The summed E-state index contributed by atoms with van der Waals surface area (Å²) in [5, 5.41) is 26.0. The van der Waals surface area contributed by atoms with Crippen molar-refractivity contribution in [1.29, 1.82) is 0 Å². The van der Waals surface area contributed by atoms with Gasteiger partial charge in [-0.2, -0.15) is 0 Å². The smallest absolute Gasteiger partial charge is 0.386 e. The van der Waals surface area contributed by atoms with E-state index < -0.39 is 85.7 Å². The van der Waals surface area contributed by atoms with Gasteiger partial charge in [-0.05, 0) is 13.1 Å². The normalized spacial score (nSPS) is 23.3. The summed E-state index contributed by atoms with van der Waals surface area (Å²) in [4.78, 5) is 86.0. The molecular weight excluding hydrogens is 742 g/mol. The lowest BCUT2D eigenvalue weighted by Gasteiger charge is -2.30. The second-order valence-corrected chi connectivity index (χ2v) is 18.7. The number of ketones is 1. The highest BCUT2D eigenvalue weighted by molar-refractivity contribution is 8.20. The third kappa shape index (κ3) is 11.9. The minimum atomic E-state index is -5.43. The highest BCUT2D eigenvalue weighted by Gasteiger charge is 2.50. The summed E-state index contributed by atoms with van der Waals surface area (Å²) in [7, 11) is -16.8. The Kier molecular flexibility index (Phi) is 13.7. The fourth-order valence-electron chi connectivity index (χ4n) is 4.25. The van der Waals surface area contributed by atoms with Gasteiger partial charge >= 0.3 is 22.9 Å². The maximum Gasteiger partial charge on any atom is 0.479 e. The molecule has 0 aliphatic carbocycles. The number of phosphoric acid groups is 2. The molecule has 0 bridgehead atoms. The molecule has 23 nitrogen and oxygen atoms in total. The molecule has 0 radical (unpaired) electrons. The summed E-state index contributed by atoms with van der Waals surface area (Å²) in [5.41, 5.74) is 4.52. The van der Waals surface area contributed by atoms with Crippen molar-refractivity contribution < 1.29 is 76.0 Å². The number of hydrogen-bond donors (Lipinski definition) is 9. The van der Waals surface area contributed by atoms with Gasteiger partial charge < -0.3 is 50.9 Å². The zero-order valence-corrected chi connectivity index (χ0v) is 29.7. The van der Waals surface area contributed by atoms with Gasteiger partial charge in [0.25, 0.3) is 0 Å². The molecule has 0 spiro atoms. The molecule has 8 atom stereocenters. The number of ether oxygens (including phenoxy) is 1. The van der Waals surface area contributed by atoms with Crippen molar-refractivity contribution >= 4 is 65.8 Å². The molecule has 27 heteroatoms. The molecule has 1 aliphatic rings. The first-order valence-electron chi connectivity index (χ1n) is 14.0. The number of nitrogen functional groups attached to an aromatic ring is 1. The molecule has 2 aromatic heterocycles. The average molecular weight is 779 g/mol. The maximum atomic E-state index is 12.7. The van der Waals surface area contributed by atoms with Crippen LogP contribution in [0.2, 0.25) is 0 Å². The van der Waals surface area contributed by atoms with E-state index in [1.54, 1.807) is 0 Å². The highest BCUT2D eigenvalue weighted by Crippen LogP contribution is 2.71. The molecule has 7 unspecified atom stereocenters. The number of rotatable bonds is 18. The lowest BCUT2D eigenvalue weighted by Crippen LogP contribution is -2.45. The predicted molar refractivity (Wildman–Crippen MR) is 168 cm³/mol. The van der Waals surface area contributed by atoms with Crippen LogP contribution in [0.4, 0.5) is 5.82 Å². The van der Waals surface area contributed by atoms with Gasteiger partial charge in [-0.3, -0.25) is 32.6 Å². The van der Waals surface area contributed by atoms with Crippen LogP contribution in [0.3, 0.4) is 0 Å². The van der Waals surface area contributed by atoms with E-state index in [9.17, 15) is 57.9 Å². The van der Waals surface area contributed by atoms with Gasteiger partial charge in [0, 0.05) is 26.6 Å². The van der Waals surface area contributed by atoms with Crippen molar-refractivity contribution in [3.8, 4) is 0 Å². The van der Waals surface area contributed by atoms with Crippen LogP contribution in [0, 0.1) is 5.41 Å². The third-order valence-corrected chi connectivity index (χ3v) is 13.3.